The summed E-state index contributed by atoms with van der Waals surface area (Å²) in [5.41, 5.74) is 0.346. The van der Waals surface area contributed by atoms with Gasteiger partial charge in [0, 0.05) is 12.3 Å². The molecule has 3 atom stereocenters. The van der Waals surface area contributed by atoms with Gasteiger partial charge in [-0.05, 0) is 11.8 Å². The highest BCUT2D eigenvalue weighted by atomic mass is 16.5. The number of hydrogen-bond donors (Lipinski definition) is 0. The largest absolute Gasteiger partial charge is 0.361 e. The lowest BCUT2D eigenvalue weighted by Gasteiger charge is -2.28. The Labute approximate surface area is 74.5 Å². The maximum absolute atomic E-state index is 5.76. The Morgan fingerprint density at radius 3 is 2.67 bits per heavy atom. The molecule has 2 aliphatic rings. The summed E-state index contributed by atoms with van der Waals surface area (Å²) in [6.07, 6.45) is 2.79. The zero-order valence-electron chi connectivity index (χ0n) is 8.05. The molecule has 0 radical (unpaired) electrons. The lowest BCUT2D eigenvalue weighted by molar-refractivity contribution is 0.0516. The van der Waals surface area contributed by atoms with E-state index in [0.29, 0.717) is 17.4 Å². The Morgan fingerprint density at radius 1 is 1.33 bits per heavy atom. The van der Waals surface area contributed by atoms with Gasteiger partial charge in [0.2, 0.25) is 0 Å². The Morgan fingerprint density at radius 2 is 2.08 bits per heavy atom. The minimum atomic E-state index is 0.226. The van der Waals surface area contributed by atoms with Gasteiger partial charge in [0.15, 0.2) is 0 Å². The lowest BCUT2D eigenvalue weighted by atomic mass is 9.76. The average molecular weight is 164 g/mol. The molecule has 1 fully saturated rings. The summed E-state index contributed by atoms with van der Waals surface area (Å²) < 4.78 is 5.76. The quantitative estimate of drug-likeness (QED) is 0.499. The number of fused-ring (bicyclic) bond motifs is 2. The number of ether oxygens (including phenoxy) is 1. The first-order valence-electron chi connectivity index (χ1n) is 4.71. The third-order valence-electron chi connectivity index (χ3n) is 2.91. The first kappa shape index (κ1) is 8.13. The summed E-state index contributed by atoms with van der Waals surface area (Å²) in [5, 5.41) is 0. The second kappa shape index (κ2) is 2.50. The van der Waals surface area contributed by atoms with Crippen LogP contribution in [0, 0.1) is 23.2 Å². The second-order valence-corrected chi connectivity index (χ2v) is 4.91. The second-order valence-electron chi connectivity index (χ2n) is 4.91. The molecule has 0 aromatic rings. The molecule has 2 bridgehead atoms. The summed E-state index contributed by atoms with van der Waals surface area (Å²) in [7, 11) is 0. The van der Waals surface area contributed by atoms with Gasteiger partial charge in [-0.25, -0.2) is 0 Å². The SMILES string of the molecule is CC(C)(C)C1CC2CC#CC1O2. The Bertz CT molecular complexity index is 238. The van der Waals surface area contributed by atoms with E-state index in [1.54, 1.807) is 0 Å². The predicted octanol–water partition coefficient (Wildman–Crippen LogP) is 2.21. The van der Waals surface area contributed by atoms with Crippen LogP contribution in [-0.2, 0) is 4.74 Å². The third kappa shape index (κ3) is 1.25. The molecule has 2 rings (SSSR count). The summed E-state index contributed by atoms with van der Waals surface area (Å²) in [4.78, 5) is 0. The zero-order valence-corrected chi connectivity index (χ0v) is 8.05. The minimum absolute atomic E-state index is 0.226. The fourth-order valence-corrected chi connectivity index (χ4v) is 2.11. The van der Waals surface area contributed by atoms with Crippen LogP contribution in [0.5, 0.6) is 0 Å². The highest BCUT2D eigenvalue weighted by Gasteiger charge is 2.41. The van der Waals surface area contributed by atoms with Crippen LogP contribution in [0.25, 0.3) is 0 Å². The topological polar surface area (TPSA) is 9.23 Å². The standard InChI is InChI=1S/C11H16O/c1-11(2,3)9-7-8-5-4-6-10(9)12-8/h8-10H,5,7H2,1-3H3. The van der Waals surface area contributed by atoms with Crippen LogP contribution in [0.4, 0.5) is 0 Å². The summed E-state index contributed by atoms with van der Waals surface area (Å²) >= 11 is 0. The number of rotatable bonds is 0. The predicted molar refractivity (Wildman–Crippen MR) is 48.6 cm³/mol. The van der Waals surface area contributed by atoms with Crippen LogP contribution < -0.4 is 0 Å². The Kier molecular flexibility index (Phi) is 1.70. The van der Waals surface area contributed by atoms with Crippen LogP contribution in [0.2, 0.25) is 0 Å². The molecular formula is C11H16O. The maximum atomic E-state index is 5.76. The van der Waals surface area contributed by atoms with Gasteiger partial charge in [-0.15, -0.1) is 0 Å². The van der Waals surface area contributed by atoms with E-state index in [-0.39, 0.29) is 6.10 Å². The molecule has 2 aliphatic heterocycles. The van der Waals surface area contributed by atoms with Crippen molar-refractivity contribution in [2.45, 2.75) is 45.8 Å². The van der Waals surface area contributed by atoms with E-state index in [1.165, 1.54) is 6.42 Å². The molecule has 0 aromatic carbocycles. The Hall–Kier alpha value is -0.480. The lowest BCUT2D eigenvalue weighted by Crippen LogP contribution is -2.27. The molecule has 12 heavy (non-hydrogen) atoms. The van der Waals surface area contributed by atoms with Crippen molar-refractivity contribution >= 4 is 0 Å². The summed E-state index contributed by atoms with van der Waals surface area (Å²) in [6, 6.07) is 0. The zero-order chi connectivity index (χ0) is 8.77. The highest BCUT2D eigenvalue weighted by Crippen LogP contribution is 2.41. The van der Waals surface area contributed by atoms with Crippen molar-refractivity contribution in [1.82, 2.24) is 0 Å². The highest BCUT2D eigenvalue weighted by molar-refractivity contribution is 5.16. The van der Waals surface area contributed by atoms with Crippen molar-refractivity contribution in [2.75, 3.05) is 0 Å². The summed E-state index contributed by atoms with van der Waals surface area (Å²) in [5.74, 6) is 7.01. The van der Waals surface area contributed by atoms with Crippen molar-refractivity contribution < 1.29 is 4.74 Å². The molecule has 0 aromatic heterocycles. The van der Waals surface area contributed by atoms with Crippen molar-refractivity contribution in [3.63, 3.8) is 0 Å². The van der Waals surface area contributed by atoms with Gasteiger partial charge in [-0.2, -0.15) is 0 Å². The van der Waals surface area contributed by atoms with Crippen LogP contribution in [0.3, 0.4) is 0 Å². The van der Waals surface area contributed by atoms with Crippen LogP contribution in [-0.4, -0.2) is 12.2 Å². The molecule has 0 N–H and O–H groups in total. The molecule has 1 saturated heterocycles. The molecule has 1 heteroatoms. The van der Waals surface area contributed by atoms with Crippen molar-refractivity contribution in [3.8, 4) is 11.8 Å². The van der Waals surface area contributed by atoms with Crippen LogP contribution in [0.15, 0.2) is 0 Å². The van der Waals surface area contributed by atoms with Gasteiger partial charge in [-0.3, -0.25) is 0 Å². The van der Waals surface area contributed by atoms with Crippen molar-refractivity contribution in [1.29, 1.82) is 0 Å². The van der Waals surface area contributed by atoms with Crippen molar-refractivity contribution in [2.24, 2.45) is 11.3 Å². The van der Waals surface area contributed by atoms with E-state index < -0.39 is 0 Å². The first-order valence-corrected chi connectivity index (χ1v) is 4.71. The molecule has 0 aliphatic carbocycles. The fraction of sp³-hybridized carbons (Fsp3) is 0.818. The Balaban J connectivity index is 2.18. The van der Waals surface area contributed by atoms with Gasteiger partial charge >= 0.3 is 0 Å². The normalized spacial score (nSPS) is 39.1. The van der Waals surface area contributed by atoms with Gasteiger partial charge in [0.1, 0.15) is 6.10 Å². The third-order valence-corrected chi connectivity index (χ3v) is 2.91. The van der Waals surface area contributed by atoms with E-state index in [2.05, 4.69) is 32.6 Å². The monoisotopic (exact) mass is 164 g/mol. The van der Waals surface area contributed by atoms with E-state index in [0.717, 1.165) is 6.42 Å². The van der Waals surface area contributed by atoms with Gasteiger partial charge in [-0.1, -0.05) is 32.6 Å². The van der Waals surface area contributed by atoms with Gasteiger partial charge in [0.25, 0.3) is 0 Å². The van der Waals surface area contributed by atoms with Crippen LogP contribution >= 0.6 is 0 Å². The fourth-order valence-electron chi connectivity index (χ4n) is 2.11. The van der Waals surface area contributed by atoms with Crippen molar-refractivity contribution in [3.05, 3.63) is 0 Å². The van der Waals surface area contributed by atoms with E-state index >= 15 is 0 Å². The molecule has 2 heterocycles. The molecule has 0 saturated carbocycles. The average Bonchev–Trinajstić information content (AvgIpc) is 2.25. The molecule has 0 amide bonds. The number of hydrogen-bond acceptors (Lipinski definition) is 1. The smallest absolute Gasteiger partial charge is 0.122 e. The van der Waals surface area contributed by atoms with E-state index in [4.69, 9.17) is 4.74 Å². The molecule has 66 valence electrons. The summed E-state index contributed by atoms with van der Waals surface area (Å²) in [6.45, 7) is 6.84. The van der Waals surface area contributed by atoms with Gasteiger partial charge < -0.3 is 4.74 Å². The molecule has 0 spiro atoms. The van der Waals surface area contributed by atoms with E-state index in [9.17, 15) is 0 Å². The molecule has 3 unspecified atom stereocenters. The molecular weight excluding hydrogens is 148 g/mol. The molecule has 1 nitrogen and oxygen atoms in total. The minimum Gasteiger partial charge on any atom is -0.361 e. The first-order chi connectivity index (χ1) is 5.57. The van der Waals surface area contributed by atoms with E-state index in [1.807, 2.05) is 0 Å². The maximum Gasteiger partial charge on any atom is 0.122 e. The van der Waals surface area contributed by atoms with Crippen LogP contribution in [0.1, 0.15) is 33.6 Å². The van der Waals surface area contributed by atoms with Gasteiger partial charge in [0.05, 0.1) is 6.10 Å².